The Labute approximate surface area is 133 Å². The minimum atomic E-state index is -0.460. The molecule has 0 saturated carbocycles. The van der Waals surface area contributed by atoms with Crippen molar-refractivity contribution in [1.29, 1.82) is 0 Å². The Hall–Kier alpha value is -1.36. The van der Waals surface area contributed by atoms with Crippen LogP contribution in [0.25, 0.3) is 0 Å². The summed E-state index contributed by atoms with van der Waals surface area (Å²) in [7, 11) is 0. The van der Waals surface area contributed by atoms with Gasteiger partial charge in [0.25, 0.3) is 5.91 Å². The lowest BCUT2D eigenvalue weighted by Crippen LogP contribution is -2.48. The summed E-state index contributed by atoms with van der Waals surface area (Å²) in [6.45, 7) is 4.66. The molecule has 114 valence electrons. The monoisotopic (exact) mass is 353 g/mol. The number of piperidine rings is 1. The first-order valence-electron chi connectivity index (χ1n) is 7.29. The van der Waals surface area contributed by atoms with Crippen molar-refractivity contribution in [3.63, 3.8) is 0 Å². The smallest absolute Gasteiger partial charge is 0.328 e. The van der Waals surface area contributed by atoms with E-state index >= 15 is 0 Å². The Morgan fingerprint density at radius 2 is 2.14 bits per heavy atom. The van der Waals surface area contributed by atoms with Gasteiger partial charge in [0.05, 0.1) is 12.2 Å². The molecule has 1 aliphatic heterocycles. The van der Waals surface area contributed by atoms with E-state index in [0.29, 0.717) is 25.1 Å². The highest BCUT2D eigenvalue weighted by Gasteiger charge is 2.34. The fraction of sp³-hybridized carbons (Fsp3) is 0.500. The molecule has 0 aliphatic carbocycles. The van der Waals surface area contributed by atoms with Gasteiger partial charge in [-0.25, -0.2) is 4.79 Å². The van der Waals surface area contributed by atoms with Crippen LogP contribution in [0.1, 0.15) is 42.1 Å². The molecule has 4 nitrogen and oxygen atoms in total. The molecule has 1 aromatic carbocycles. The predicted octanol–water partition coefficient (Wildman–Crippen LogP) is 3.32. The molecule has 1 amide bonds. The average molecular weight is 354 g/mol. The summed E-state index contributed by atoms with van der Waals surface area (Å²) in [6, 6.07) is 5.13. The molecule has 1 aliphatic rings. The van der Waals surface area contributed by atoms with E-state index in [2.05, 4.69) is 15.9 Å². The zero-order chi connectivity index (χ0) is 15.4. The molecule has 2 rings (SSSR count). The lowest BCUT2D eigenvalue weighted by Gasteiger charge is -2.34. The van der Waals surface area contributed by atoms with Crippen molar-refractivity contribution in [3.05, 3.63) is 33.8 Å². The zero-order valence-corrected chi connectivity index (χ0v) is 14.0. The highest BCUT2D eigenvalue weighted by atomic mass is 79.9. The Morgan fingerprint density at radius 1 is 1.38 bits per heavy atom. The molecule has 0 spiro atoms. The summed E-state index contributed by atoms with van der Waals surface area (Å²) in [4.78, 5) is 26.5. The van der Waals surface area contributed by atoms with Crippen molar-refractivity contribution in [2.75, 3.05) is 13.2 Å². The van der Waals surface area contributed by atoms with Gasteiger partial charge in [0.1, 0.15) is 6.04 Å². The number of carbonyl (C=O) groups is 2. The van der Waals surface area contributed by atoms with Crippen LogP contribution in [-0.2, 0) is 9.53 Å². The maximum atomic E-state index is 12.8. The van der Waals surface area contributed by atoms with Gasteiger partial charge < -0.3 is 9.64 Å². The molecule has 1 unspecified atom stereocenters. The van der Waals surface area contributed by atoms with Gasteiger partial charge >= 0.3 is 5.97 Å². The van der Waals surface area contributed by atoms with Crippen molar-refractivity contribution in [1.82, 2.24) is 4.90 Å². The predicted molar refractivity (Wildman–Crippen MR) is 84.2 cm³/mol. The lowest BCUT2D eigenvalue weighted by atomic mass is 10.0. The number of benzene rings is 1. The summed E-state index contributed by atoms with van der Waals surface area (Å²) in [6.07, 6.45) is 2.54. The number of carbonyl (C=O) groups excluding carboxylic acids is 2. The van der Waals surface area contributed by atoms with Crippen LogP contribution >= 0.6 is 15.9 Å². The van der Waals surface area contributed by atoms with E-state index < -0.39 is 6.04 Å². The van der Waals surface area contributed by atoms with Crippen molar-refractivity contribution in [3.8, 4) is 0 Å². The first kappa shape index (κ1) is 16.0. The van der Waals surface area contributed by atoms with Gasteiger partial charge in [0, 0.05) is 11.0 Å². The zero-order valence-electron chi connectivity index (χ0n) is 12.4. The maximum Gasteiger partial charge on any atom is 0.328 e. The fourth-order valence-electron chi connectivity index (χ4n) is 2.63. The van der Waals surface area contributed by atoms with Crippen LogP contribution in [0.5, 0.6) is 0 Å². The number of nitrogens with zero attached hydrogens (tertiary/aromatic N) is 1. The van der Waals surface area contributed by atoms with E-state index in [1.807, 2.05) is 19.1 Å². The van der Waals surface area contributed by atoms with E-state index in [0.717, 1.165) is 22.9 Å². The fourth-order valence-corrected chi connectivity index (χ4v) is 3.06. The first-order valence-corrected chi connectivity index (χ1v) is 8.08. The van der Waals surface area contributed by atoms with E-state index in [1.165, 1.54) is 0 Å². The Bertz CT molecular complexity index is 544. The summed E-state index contributed by atoms with van der Waals surface area (Å²) in [5, 5.41) is 0. The Balaban J connectivity index is 2.26. The molecular formula is C16H20BrNO3. The van der Waals surface area contributed by atoms with Crippen molar-refractivity contribution in [2.24, 2.45) is 0 Å². The molecule has 0 N–H and O–H groups in total. The third kappa shape index (κ3) is 3.46. The number of likely N-dealkylation sites (tertiary alicyclic amines) is 1. The van der Waals surface area contributed by atoms with E-state index in [4.69, 9.17) is 4.74 Å². The van der Waals surface area contributed by atoms with Crippen LogP contribution in [0.3, 0.4) is 0 Å². The van der Waals surface area contributed by atoms with Crippen LogP contribution in [0.2, 0.25) is 0 Å². The molecule has 1 saturated heterocycles. The number of halogens is 1. The number of amides is 1. The summed E-state index contributed by atoms with van der Waals surface area (Å²) in [5.74, 6) is -0.405. The topological polar surface area (TPSA) is 46.6 Å². The molecule has 1 aromatic rings. The number of aryl methyl sites for hydroxylation is 1. The van der Waals surface area contributed by atoms with Crippen molar-refractivity contribution in [2.45, 2.75) is 39.2 Å². The molecule has 1 fully saturated rings. The second-order valence-corrected chi connectivity index (χ2v) is 5.99. The summed E-state index contributed by atoms with van der Waals surface area (Å²) < 4.78 is 5.90. The van der Waals surface area contributed by atoms with Gasteiger partial charge in [-0.1, -0.05) is 12.1 Å². The second kappa shape index (κ2) is 7.07. The molecule has 21 heavy (non-hydrogen) atoms. The minimum absolute atomic E-state index is 0.108. The van der Waals surface area contributed by atoms with Gasteiger partial charge in [-0.2, -0.15) is 0 Å². The Morgan fingerprint density at radius 3 is 2.86 bits per heavy atom. The highest BCUT2D eigenvalue weighted by Crippen LogP contribution is 2.26. The third-order valence-electron chi connectivity index (χ3n) is 3.74. The number of rotatable bonds is 3. The number of esters is 1. The van der Waals surface area contributed by atoms with E-state index in [-0.39, 0.29) is 11.9 Å². The standard InChI is InChI=1S/C16H20BrNO3/c1-3-21-16(20)13-9-4-5-10-18(13)15(19)12-8-6-7-11(2)14(12)17/h6-8,13H,3-5,9-10H2,1-2H3. The largest absolute Gasteiger partial charge is 0.464 e. The van der Waals surface area contributed by atoms with Crippen molar-refractivity contribution < 1.29 is 14.3 Å². The number of hydrogen-bond acceptors (Lipinski definition) is 3. The van der Waals surface area contributed by atoms with Gasteiger partial charge in [0.15, 0.2) is 0 Å². The van der Waals surface area contributed by atoms with E-state index in [1.54, 1.807) is 17.9 Å². The average Bonchev–Trinajstić information content (AvgIpc) is 2.49. The van der Waals surface area contributed by atoms with Crippen LogP contribution in [-0.4, -0.2) is 36.0 Å². The lowest BCUT2D eigenvalue weighted by molar-refractivity contribution is -0.149. The second-order valence-electron chi connectivity index (χ2n) is 5.20. The van der Waals surface area contributed by atoms with Crippen LogP contribution in [0.4, 0.5) is 0 Å². The van der Waals surface area contributed by atoms with Crippen LogP contribution < -0.4 is 0 Å². The number of hydrogen-bond donors (Lipinski definition) is 0. The van der Waals surface area contributed by atoms with Gasteiger partial charge in [0.2, 0.25) is 0 Å². The van der Waals surface area contributed by atoms with Crippen LogP contribution in [0, 0.1) is 6.92 Å². The summed E-state index contributed by atoms with van der Waals surface area (Å²) >= 11 is 3.47. The normalized spacial score (nSPS) is 18.4. The van der Waals surface area contributed by atoms with Gasteiger partial charge in [-0.15, -0.1) is 0 Å². The Kier molecular flexibility index (Phi) is 5.39. The molecule has 0 bridgehead atoms. The molecule has 0 aromatic heterocycles. The molecule has 1 heterocycles. The highest BCUT2D eigenvalue weighted by molar-refractivity contribution is 9.10. The SMILES string of the molecule is CCOC(=O)C1CCCCN1C(=O)c1cccc(C)c1Br. The van der Waals surface area contributed by atoms with Crippen LogP contribution in [0.15, 0.2) is 22.7 Å². The number of ether oxygens (including phenoxy) is 1. The summed E-state index contributed by atoms with van der Waals surface area (Å²) in [5.41, 5.74) is 1.61. The quantitative estimate of drug-likeness (QED) is 0.783. The molecule has 0 radical (unpaired) electrons. The first-order chi connectivity index (χ1) is 10.1. The van der Waals surface area contributed by atoms with Gasteiger partial charge in [-0.3, -0.25) is 4.79 Å². The van der Waals surface area contributed by atoms with E-state index in [9.17, 15) is 9.59 Å². The minimum Gasteiger partial charge on any atom is -0.464 e. The third-order valence-corrected chi connectivity index (χ3v) is 4.80. The molecule has 5 heteroatoms. The maximum absolute atomic E-state index is 12.8. The molecular weight excluding hydrogens is 334 g/mol. The van der Waals surface area contributed by atoms with Crippen molar-refractivity contribution >= 4 is 27.8 Å². The molecule has 1 atom stereocenters. The van der Waals surface area contributed by atoms with Gasteiger partial charge in [-0.05, 0) is 60.7 Å².